The molecule has 0 radical (unpaired) electrons. The summed E-state index contributed by atoms with van der Waals surface area (Å²) in [6, 6.07) is 18.0. The van der Waals surface area contributed by atoms with Gasteiger partial charge in [0.05, 0.1) is 12.7 Å². The lowest BCUT2D eigenvalue weighted by Gasteiger charge is -2.19. The van der Waals surface area contributed by atoms with Gasteiger partial charge in [-0.25, -0.2) is 4.79 Å². The summed E-state index contributed by atoms with van der Waals surface area (Å²) in [5.41, 5.74) is 3.80. The molecule has 0 atom stereocenters. The second-order valence-corrected chi connectivity index (χ2v) is 6.67. The van der Waals surface area contributed by atoms with Gasteiger partial charge in [-0.1, -0.05) is 87.5 Å². The molecule has 0 saturated heterocycles. The summed E-state index contributed by atoms with van der Waals surface area (Å²) in [4.78, 5) is 12.1. The molecule has 0 aliphatic rings. The number of carbonyl (C=O) groups is 1. The fourth-order valence-electron chi connectivity index (χ4n) is 2.36. The minimum atomic E-state index is -0.337. The third-order valence-electron chi connectivity index (χ3n) is 3.82. The van der Waals surface area contributed by atoms with Gasteiger partial charge < -0.3 is 4.74 Å². The molecule has 124 valence electrons. The van der Waals surface area contributed by atoms with Crippen LogP contribution in [0.2, 0.25) is 0 Å². The lowest BCUT2D eigenvalue weighted by Crippen LogP contribution is -2.11. The van der Waals surface area contributed by atoms with E-state index in [4.69, 9.17) is 4.74 Å². The number of carbonyl (C=O) groups excluding carboxylic acids is 1. The molecule has 0 spiro atoms. The van der Waals surface area contributed by atoms with Gasteiger partial charge in [0.2, 0.25) is 0 Å². The van der Waals surface area contributed by atoms with Crippen molar-refractivity contribution in [2.75, 3.05) is 7.11 Å². The van der Waals surface area contributed by atoms with Gasteiger partial charge in [-0.15, -0.1) is 0 Å². The van der Waals surface area contributed by atoms with E-state index in [-0.39, 0.29) is 11.4 Å². The van der Waals surface area contributed by atoms with Crippen molar-refractivity contribution < 1.29 is 9.53 Å². The van der Waals surface area contributed by atoms with Crippen molar-refractivity contribution in [1.29, 1.82) is 0 Å². The van der Waals surface area contributed by atoms with Crippen LogP contribution in [-0.4, -0.2) is 13.1 Å². The standard InChI is InChI=1S/C22H24O2/c1-22(2,3)19-15-13-18(14-16-19)20(21(23)24-4)12-8-11-17-9-6-5-7-10-17/h5-16H,1-4H3/b11-8+,20-12+. The number of hydrogen-bond donors (Lipinski definition) is 0. The maximum Gasteiger partial charge on any atom is 0.338 e. The molecule has 2 heteroatoms. The molecule has 0 aliphatic heterocycles. The second kappa shape index (κ2) is 7.78. The summed E-state index contributed by atoms with van der Waals surface area (Å²) in [6.07, 6.45) is 5.64. The Bertz CT molecular complexity index is 730. The first-order valence-electron chi connectivity index (χ1n) is 8.04. The van der Waals surface area contributed by atoms with Gasteiger partial charge in [-0.3, -0.25) is 0 Å². The number of esters is 1. The fourth-order valence-corrected chi connectivity index (χ4v) is 2.36. The van der Waals surface area contributed by atoms with E-state index in [2.05, 4.69) is 32.9 Å². The van der Waals surface area contributed by atoms with Gasteiger partial charge in [0, 0.05) is 0 Å². The van der Waals surface area contributed by atoms with Crippen molar-refractivity contribution >= 4 is 17.6 Å². The zero-order valence-electron chi connectivity index (χ0n) is 14.7. The first-order valence-corrected chi connectivity index (χ1v) is 8.04. The van der Waals surface area contributed by atoms with Crippen molar-refractivity contribution in [2.24, 2.45) is 0 Å². The van der Waals surface area contributed by atoms with E-state index in [1.807, 2.05) is 54.6 Å². The van der Waals surface area contributed by atoms with Crippen molar-refractivity contribution in [1.82, 2.24) is 0 Å². The fraction of sp³-hybridized carbons (Fsp3) is 0.227. The van der Waals surface area contributed by atoms with Gasteiger partial charge in [0.15, 0.2) is 0 Å². The van der Waals surface area contributed by atoms with Gasteiger partial charge in [0.25, 0.3) is 0 Å². The van der Waals surface area contributed by atoms with Crippen molar-refractivity contribution in [3.05, 3.63) is 83.4 Å². The monoisotopic (exact) mass is 320 g/mol. The van der Waals surface area contributed by atoms with Gasteiger partial charge >= 0.3 is 5.97 Å². The summed E-state index contributed by atoms with van der Waals surface area (Å²) >= 11 is 0. The number of methoxy groups -OCH3 is 1. The van der Waals surface area contributed by atoms with Gasteiger partial charge in [-0.05, 0) is 28.2 Å². The number of ether oxygens (including phenoxy) is 1. The third kappa shape index (κ3) is 4.69. The molecular formula is C22H24O2. The van der Waals surface area contributed by atoms with E-state index in [0.29, 0.717) is 5.57 Å². The average molecular weight is 320 g/mol. The average Bonchev–Trinajstić information content (AvgIpc) is 2.58. The molecule has 0 N–H and O–H groups in total. The Morgan fingerprint density at radius 1 is 0.958 bits per heavy atom. The van der Waals surface area contributed by atoms with Crippen LogP contribution in [0.15, 0.2) is 66.7 Å². The van der Waals surface area contributed by atoms with Crippen LogP contribution in [0.25, 0.3) is 11.6 Å². The summed E-state index contributed by atoms with van der Waals surface area (Å²) in [5, 5.41) is 0. The van der Waals surface area contributed by atoms with Gasteiger partial charge in [0.1, 0.15) is 0 Å². The van der Waals surface area contributed by atoms with E-state index in [9.17, 15) is 4.79 Å². The number of benzene rings is 2. The maximum absolute atomic E-state index is 12.1. The zero-order chi connectivity index (χ0) is 17.6. The summed E-state index contributed by atoms with van der Waals surface area (Å²) in [6.45, 7) is 6.50. The summed E-state index contributed by atoms with van der Waals surface area (Å²) in [7, 11) is 1.40. The van der Waals surface area contributed by atoms with Crippen LogP contribution in [0.4, 0.5) is 0 Å². The summed E-state index contributed by atoms with van der Waals surface area (Å²) < 4.78 is 4.93. The largest absolute Gasteiger partial charge is 0.465 e. The molecule has 0 bridgehead atoms. The molecule has 0 heterocycles. The SMILES string of the molecule is COC(=O)/C(=C/C=C/c1ccccc1)c1ccc(C(C)(C)C)cc1. The van der Waals surface area contributed by atoms with E-state index < -0.39 is 0 Å². The molecule has 24 heavy (non-hydrogen) atoms. The number of allylic oxidation sites excluding steroid dienone is 2. The van der Waals surface area contributed by atoms with E-state index >= 15 is 0 Å². The predicted molar refractivity (Wildman–Crippen MR) is 101 cm³/mol. The molecule has 0 amide bonds. The van der Waals surface area contributed by atoms with Crippen LogP contribution < -0.4 is 0 Å². The Kier molecular flexibility index (Phi) is 5.75. The maximum atomic E-state index is 12.1. The zero-order valence-corrected chi connectivity index (χ0v) is 14.7. The smallest absolute Gasteiger partial charge is 0.338 e. The highest BCUT2D eigenvalue weighted by atomic mass is 16.5. The highest BCUT2D eigenvalue weighted by Crippen LogP contribution is 2.25. The van der Waals surface area contributed by atoms with Crippen LogP contribution >= 0.6 is 0 Å². The second-order valence-electron chi connectivity index (χ2n) is 6.67. The molecule has 2 rings (SSSR count). The Labute approximate surface area is 144 Å². The van der Waals surface area contributed by atoms with Crippen LogP contribution in [0.1, 0.15) is 37.5 Å². The first-order chi connectivity index (χ1) is 11.4. The minimum absolute atomic E-state index is 0.0842. The van der Waals surface area contributed by atoms with Crippen molar-refractivity contribution in [3.63, 3.8) is 0 Å². The third-order valence-corrected chi connectivity index (χ3v) is 3.82. The molecular weight excluding hydrogens is 296 g/mol. The first kappa shape index (κ1) is 17.7. The lowest BCUT2D eigenvalue weighted by molar-refractivity contribution is -0.133. The molecule has 0 unspecified atom stereocenters. The molecule has 2 aromatic carbocycles. The Morgan fingerprint density at radius 2 is 1.58 bits per heavy atom. The topological polar surface area (TPSA) is 26.3 Å². The predicted octanol–water partition coefficient (Wildman–Crippen LogP) is 5.25. The van der Waals surface area contributed by atoms with Crippen LogP contribution in [0.3, 0.4) is 0 Å². The Balaban J connectivity index is 2.30. The molecule has 2 aromatic rings. The minimum Gasteiger partial charge on any atom is -0.465 e. The lowest BCUT2D eigenvalue weighted by atomic mass is 9.86. The van der Waals surface area contributed by atoms with E-state index in [1.54, 1.807) is 6.08 Å². The Morgan fingerprint density at radius 3 is 2.12 bits per heavy atom. The molecule has 0 aromatic heterocycles. The number of hydrogen-bond acceptors (Lipinski definition) is 2. The molecule has 0 saturated carbocycles. The molecule has 2 nitrogen and oxygen atoms in total. The van der Waals surface area contributed by atoms with E-state index in [1.165, 1.54) is 12.7 Å². The summed E-state index contributed by atoms with van der Waals surface area (Å²) in [5.74, 6) is -0.337. The van der Waals surface area contributed by atoms with E-state index in [0.717, 1.165) is 11.1 Å². The quantitative estimate of drug-likeness (QED) is 0.437. The normalized spacial score (nSPS) is 12.4. The van der Waals surface area contributed by atoms with Crippen LogP contribution in [0.5, 0.6) is 0 Å². The number of rotatable bonds is 4. The van der Waals surface area contributed by atoms with Crippen LogP contribution in [-0.2, 0) is 14.9 Å². The van der Waals surface area contributed by atoms with Crippen LogP contribution in [0, 0.1) is 0 Å². The molecule has 0 aliphatic carbocycles. The highest BCUT2D eigenvalue weighted by molar-refractivity contribution is 6.16. The Hall–Kier alpha value is -2.61. The van der Waals surface area contributed by atoms with Crippen molar-refractivity contribution in [2.45, 2.75) is 26.2 Å². The highest BCUT2D eigenvalue weighted by Gasteiger charge is 2.15. The van der Waals surface area contributed by atoms with Crippen molar-refractivity contribution in [3.8, 4) is 0 Å². The molecule has 0 fully saturated rings. The van der Waals surface area contributed by atoms with Gasteiger partial charge in [-0.2, -0.15) is 0 Å².